The highest BCUT2D eigenvalue weighted by Gasteiger charge is 2.30. The van der Waals surface area contributed by atoms with E-state index in [2.05, 4.69) is 36.6 Å². The number of aromatic nitrogens is 4. The van der Waals surface area contributed by atoms with Crippen LogP contribution in [0.25, 0.3) is 22.5 Å². The van der Waals surface area contributed by atoms with Gasteiger partial charge in [-0.15, -0.1) is 10.2 Å². The van der Waals surface area contributed by atoms with E-state index in [1.54, 1.807) is 69.3 Å². The topological polar surface area (TPSA) is 188 Å². The Morgan fingerprint density at radius 1 is 0.960 bits per heavy atom. The van der Waals surface area contributed by atoms with Crippen molar-refractivity contribution in [3.63, 3.8) is 0 Å². The third-order valence-electron chi connectivity index (χ3n) is 8.47. The predicted octanol–water partition coefficient (Wildman–Crippen LogP) is 5.37. The molecule has 5 N–H and O–H groups in total. The maximum Gasteiger partial charge on any atom is 0.407 e. The smallest absolute Gasteiger partial charge is 0.407 e. The van der Waals surface area contributed by atoms with Crippen LogP contribution in [0, 0.1) is 17.7 Å². The highest BCUT2D eigenvalue weighted by molar-refractivity contribution is 5.98. The second kappa shape index (κ2) is 15.7. The lowest BCUT2D eigenvalue weighted by Crippen LogP contribution is -2.48. The van der Waals surface area contributed by atoms with Crippen molar-refractivity contribution in [2.75, 3.05) is 11.9 Å². The third kappa shape index (κ3) is 9.49. The summed E-state index contributed by atoms with van der Waals surface area (Å²) < 4.78 is 20.2. The number of amides is 3. The van der Waals surface area contributed by atoms with Gasteiger partial charge in [-0.3, -0.25) is 9.59 Å². The number of aromatic amines is 1. The molecule has 1 aliphatic carbocycles. The Bertz CT molecular complexity index is 1800. The van der Waals surface area contributed by atoms with Crippen LogP contribution in [0.4, 0.5) is 14.9 Å². The van der Waals surface area contributed by atoms with E-state index in [0.717, 1.165) is 12.8 Å². The van der Waals surface area contributed by atoms with Crippen LogP contribution >= 0.6 is 0 Å². The lowest BCUT2D eigenvalue weighted by Gasteiger charge is -2.29. The number of hydrogen-bond donors (Lipinski definition) is 5. The van der Waals surface area contributed by atoms with Crippen LogP contribution in [-0.4, -0.2) is 67.8 Å². The normalized spacial score (nSPS) is 16.6. The number of hydrogen-bond acceptors (Lipinski definition) is 8. The number of tetrazole rings is 1. The predicted molar refractivity (Wildman–Crippen MR) is 182 cm³/mol. The highest BCUT2D eigenvalue weighted by atomic mass is 19.1. The molecule has 1 fully saturated rings. The van der Waals surface area contributed by atoms with Gasteiger partial charge < -0.3 is 25.8 Å². The molecule has 1 aliphatic rings. The van der Waals surface area contributed by atoms with Crippen molar-refractivity contribution < 1.29 is 33.4 Å². The summed E-state index contributed by atoms with van der Waals surface area (Å²) >= 11 is 0. The van der Waals surface area contributed by atoms with Gasteiger partial charge in [-0.05, 0) is 99.0 Å². The zero-order chi connectivity index (χ0) is 35.8. The fraction of sp³-hybridized carbons (Fsp3) is 0.361. The Balaban J connectivity index is 1.26. The van der Waals surface area contributed by atoms with Crippen molar-refractivity contribution in [1.29, 1.82) is 0 Å². The van der Waals surface area contributed by atoms with Crippen LogP contribution in [0.1, 0.15) is 62.4 Å². The number of anilines is 1. The molecular formula is C36H40FN7O6. The van der Waals surface area contributed by atoms with Crippen LogP contribution in [0.15, 0.2) is 66.7 Å². The number of benzene rings is 3. The molecule has 13 nitrogen and oxygen atoms in total. The van der Waals surface area contributed by atoms with E-state index < -0.39 is 41.0 Å². The zero-order valence-corrected chi connectivity index (χ0v) is 28.0. The van der Waals surface area contributed by atoms with Crippen molar-refractivity contribution in [3.8, 4) is 22.5 Å². The third-order valence-corrected chi connectivity index (χ3v) is 8.47. The number of nitrogens with one attached hydrogen (secondary N) is 4. The molecule has 3 amide bonds. The van der Waals surface area contributed by atoms with E-state index in [9.17, 15) is 28.7 Å². The van der Waals surface area contributed by atoms with Crippen molar-refractivity contribution in [2.24, 2.45) is 11.8 Å². The Morgan fingerprint density at radius 3 is 2.26 bits per heavy atom. The summed E-state index contributed by atoms with van der Waals surface area (Å²) in [6.07, 6.45) is 2.35. The van der Waals surface area contributed by atoms with Gasteiger partial charge in [-0.1, -0.05) is 36.4 Å². The number of carbonyl (C=O) groups is 4. The first-order valence-corrected chi connectivity index (χ1v) is 16.4. The summed E-state index contributed by atoms with van der Waals surface area (Å²) in [6.45, 7) is 5.87. The maximum absolute atomic E-state index is 14.9. The van der Waals surface area contributed by atoms with E-state index in [1.807, 2.05) is 0 Å². The molecule has 1 atom stereocenters. The number of H-pyrrole nitrogens is 1. The van der Waals surface area contributed by atoms with Gasteiger partial charge in [0.1, 0.15) is 17.5 Å². The molecule has 0 radical (unpaired) electrons. The molecule has 0 bridgehead atoms. The molecule has 262 valence electrons. The van der Waals surface area contributed by atoms with Crippen molar-refractivity contribution in [2.45, 2.75) is 64.5 Å². The van der Waals surface area contributed by atoms with Crippen LogP contribution in [0.2, 0.25) is 0 Å². The second-order valence-electron chi connectivity index (χ2n) is 13.3. The monoisotopic (exact) mass is 685 g/mol. The average Bonchev–Trinajstić information content (AvgIpc) is 3.62. The molecule has 1 heterocycles. The fourth-order valence-corrected chi connectivity index (χ4v) is 5.86. The Hall–Kier alpha value is -5.66. The fourth-order valence-electron chi connectivity index (χ4n) is 5.86. The van der Waals surface area contributed by atoms with Crippen LogP contribution in [-0.2, 0) is 20.7 Å². The summed E-state index contributed by atoms with van der Waals surface area (Å²) in [5, 5.41) is 31.8. The van der Waals surface area contributed by atoms with E-state index in [1.165, 1.54) is 18.2 Å². The Kier molecular flexibility index (Phi) is 11.2. The minimum Gasteiger partial charge on any atom is -0.478 e. The minimum absolute atomic E-state index is 0.139. The molecule has 14 heteroatoms. The first-order valence-electron chi connectivity index (χ1n) is 16.4. The van der Waals surface area contributed by atoms with E-state index >= 15 is 0 Å². The number of halogens is 1. The molecule has 0 spiro atoms. The standard InChI is InChI=1S/C36H40FN7O6/c1-36(2,3)50-35(49)38-20-22-9-13-25(14-10-22)32(45)40-29(33(46)39-26-17-15-24(16-18-26)31-41-43-44-42-31)19-21-7-11-23(12-8-21)27-5-4-6-28(30(27)37)34(47)48/h4-8,11-12,15-18,22,25,29H,9-10,13-14,19-20H2,1-3H3,(H,38,49)(H,39,46)(H,40,45)(H,47,48)(H,41,42,43,44). The quantitative estimate of drug-likeness (QED) is 0.138. The van der Waals surface area contributed by atoms with Crippen LogP contribution < -0.4 is 16.0 Å². The van der Waals surface area contributed by atoms with Gasteiger partial charge in [0.25, 0.3) is 0 Å². The lowest BCUT2D eigenvalue weighted by molar-refractivity contribution is -0.130. The van der Waals surface area contributed by atoms with Crippen LogP contribution in [0.3, 0.4) is 0 Å². The van der Waals surface area contributed by atoms with Crippen molar-refractivity contribution in [1.82, 2.24) is 31.3 Å². The number of rotatable bonds is 11. The zero-order valence-electron chi connectivity index (χ0n) is 28.0. The second-order valence-corrected chi connectivity index (χ2v) is 13.3. The molecular weight excluding hydrogens is 645 g/mol. The van der Waals surface area contributed by atoms with Gasteiger partial charge >= 0.3 is 12.1 Å². The SMILES string of the molecule is CC(C)(C)OC(=O)NCC1CCC(C(=O)NC(Cc2ccc(-c3cccc(C(=O)O)c3F)cc2)C(=O)Nc2ccc(-c3nn[nH]n3)cc2)CC1. The summed E-state index contributed by atoms with van der Waals surface area (Å²) in [6, 6.07) is 16.9. The lowest BCUT2D eigenvalue weighted by atomic mass is 9.81. The molecule has 0 saturated heterocycles. The average molecular weight is 686 g/mol. The Labute approximate surface area is 288 Å². The van der Waals surface area contributed by atoms with Gasteiger partial charge in [0.05, 0.1) is 5.56 Å². The number of ether oxygens (including phenoxy) is 1. The van der Waals surface area contributed by atoms with Crippen molar-refractivity contribution in [3.05, 3.63) is 83.7 Å². The summed E-state index contributed by atoms with van der Waals surface area (Å²) in [4.78, 5) is 50.7. The first-order chi connectivity index (χ1) is 23.9. The molecule has 0 aliphatic heterocycles. The van der Waals surface area contributed by atoms with Gasteiger partial charge in [-0.25, -0.2) is 14.0 Å². The molecule has 1 saturated carbocycles. The van der Waals surface area contributed by atoms with E-state index in [0.29, 0.717) is 47.6 Å². The number of aromatic carboxylic acids is 1. The number of carboxylic acid groups (broad SMARTS) is 1. The van der Waals surface area contributed by atoms with E-state index in [-0.39, 0.29) is 29.7 Å². The number of carbonyl (C=O) groups excluding carboxylic acids is 3. The summed E-state index contributed by atoms with van der Waals surface area (Å²) in [5.74, 6) is -2.55. The molecule has 1 unspecified atom stereocenters. The molecule has 3 aromatic carbocycles. The molecule has 4 aromatic rings. The molecule has 50 heavy (non-hydrogen) atoms. The largest absolute Gasteiger partial charge is 0.478 e. The Morgan fingerprint density at radius 2 is 1.64 bits per heavy atom. The van der Waals surface area contributed by atoms with Gasteiger partial charge in [-0.2, -0.15) is 5.21 Å². The van der Waals surface area contributed by atoms with Gasteiger partial charge in [0.15, 0.2) is 0 Å². The summed E-state index contributed by atoms with van der Waals surface area (Å²) in [7, 11) is 0. The van der Waals surface area contributed by atoms with Crippen LogP contribution in [0.5, 0.6) is 0 Å². The first kappa shape index (κ1) is 35.6. The van der Waals surface area contributed by atoms with Gasteiger partial charge in [0.2, 0.25) is 17.6 Å². The maximum atomic E-state index is 14.9. The summed E-state index contributed by atoms with van der Waals surface area (Å²) in [5.41, 5.74) is 1.50. The molecule has 5 rings (SSSR count). The van der Waals surface area contributed by atoms with Gasteiger partial charge in [0, 0.05) is 35.7 Å². The van der Waals surface area contributed by atoms with Crippen molar-refractivity contribution >= 4 is 29.6 Å². The number of alkyl carbamates (subject to hydrolysis) is 1. The minimum atomic E-state index is -1.36. The van der Waals surface area contributed by atoms with E-state index in [4.69, 9.17) is 4.74 Å². The highest BCUT2D eigenvalue weighted by Crippen LogP contribution is 2.29. The molecule has 1 aromatic heterocycles. The number of carboxylic acids is 1. The number of nitrogens with zero attached hydrogens (tertiary/aromatic N) is 3.